The van der Waals surface area contributed by atoms with Crippen molar-refractivity contribution in [3.63, 3.8) is 0 Å². The van der Waals surface area contributed by atoms with E-state index in [0.29, 0.717) is 17.8 Å². The van der Waals surface area contributed by atoms with Gasteiger partial charge in [-0.25, -0.2) is 9.78 Å². The minimum Gasteiger partial charge on any atom is -0.467 e. The second-order valence-electron chi connectivity index (χ2n) is 11.0. The van der Waals surface area contributed by atoms with E-state index in [0.717, 1.165) is 42.0 Å². The molecule has 0 radical (unpaired) electrons. The van der Waals surface area contributed by atoms with Crippen LogP contribution in [0.2, 0.25) is 0 Å². The summed E-state index contributed by atoms with van der Waals surface area (Å²) in [6.45, 7) is 8.12. The summed E-state index contributed by atoms with van der Waals surface area (Å²) in [5, 5.41) is 19.7. The minimum absolute atomic E-state index is 0.301. The van der Waals surface area contributed by atoms with Crippen LogP contribution >= 0.6 is 45.2 Å². The summed E-state index contributed by atoms with van der Waals surface area (Å²) < 4.78 is 6.17. The molecule has 0 aliphatic heterocycles. The second-order valence-corrected chi connectivity index (χ2v) is 13.3. The highest BCUT2D eigenvalue weighted by atomic mass is 127. The van der Waals surface area contributed by atoms with Crippen molar-refractivity contribution < 1.29 is 33.8 Å². The molecule has 4 amide bonds. The average Bonchev–Trinajstić information content (AvgIpc) is 3.40. The molecule has 0 bridgehead atoms. The van der Waals surface area contributed by atoms with Crippen LogP contribution in [0.1, 0.15) is 48.7 Å². The van der Waals surface area contributed by atoms with Gasteiger partial charge in [-0.05, 0) is 107 Å². The fraction of sp³-hybridized carbons (Fsp3) is 0.419. The standard InChI is InChI=1S/C31H38I2N6O7/c1-7-14(2)26(30(44)35-13-24(42)39-27(17(5)40)31(45)46-6)38-23(41)12-34-29(43)18-10-19(32)25(20(33)11-18)28-36-21-8-15(3)16(4)9-22(21)37-28/h8-11,14,17,26-27,40H,7,12-13H2,1-6H3,(H,34,43)(H,35,44)(H,36,37)(H,38,41)(H,39,42)/t14-,17+,26-,27-/m0/s1. The Morgan fingerprint density at radius 2 is 1.48 bits per heavy atom. The highest BCUT2D eigenvalue weighted by molar-refractivity contribution is 14.1. The quantitative estimate of drug-likeness (QED) is 0.112. The molecule has 1 aromatic heterocycles. The van der Waals surface area contributed by atoms with Crippen LogP contribution in [0.5, 0.6) is 0 Å². The number of aromatic nitrogens is 2. The zero-order chi connectivity index (χ0) is 34.3. The van der Waals surface area contributed by atoms with Crippen LogP contribution < -0.4 is 21.3 Å². The van der Waals surface area contributed by atoms with Crippen molar-refractivity contribution in [1.29, 1.82) is 0 Å². The smallest absolute Gasteiger partial charge is 0.331 e. The van der Waals surface area contributed by atoms with Crippen molar-refractivity contribution >= 4 is 85.8 Å². The number of imidazole rings is 1. The number of fused-ring (bicyclic) bond motifs is 1. The molecule has 248 valence electrons. The van der Waals surface area contributed by atoms with Gasteiger partial charge in [-0.2, -0.15) is 0 Å². The summed E-state index contributed by atoms with van der Waals surface area (Å²) in [6.07, 6.45) is -0.679. The van der Waals surface area contributed by atoms with Crippen molar-refractivity contribution in [2.24, 2.45) is 5.92 Å². The van der Waals surface area contributed by atoms with Crippen molar-refractivity contribution in [3.8, 4) is 11.4 Å². The van der Waals surface area contributed by atoms with Crippen molar-refractivity contribution in [2.45, 2.75) is 59.2 Å². The first-order valence-electron chi connectivity index (χ1n) is 14.5. The Balaban J connectivity index is 1.62. The molecule has 13 nitrogen and oxygen atoms in total. The lowest BCUT2D eigenvalue weighted by Crippen LogP contribution is -2.55. The third-order valence-corrected chi connectivity index (χ3v) is 9.24. The number of nitrogens with zero attached hydrogens (tertiary/aromatic N) is 1. The molecule has 0 saturated heterocycles. The number of rotatable bonds is 13. The van der Waals surface area contributed by atoms with Crippen LogP contribution in [-0.4, -0.2) is 83.1 Å². The number of nitrogens with one attached hydrogen (secondary N) is 5. The minimum atomic E-state index is -1.30. The number of aliphatic hydroxyl groups is 1. The maximum Gasteiger partial charge on any atom is 0.331 e. The van der Waals surface area contributed by atoms with Crippen LogP contribution in [0.25, 0.3) is 22.4 Å². The van der Waals surface area contributed by atoms with E-state index in [1.165, 1.54) is 6.92 Å². The number of amides is 4. The molecule has 0 unspecified atom stereocenters. The lowest BCUT2D eigenvalue weighted by molar-refractivity contribution is -0.148. The largest absolute Gasteiger partial charge is 0.467 e. The van der Waals surface area contributed by atoms with E-state index < -0.39 is 54.3 Å². The van der Waals surface area contributed by atoms with E-state index in [2.05, 4.69) is 82.2 Å². The Morgan fingerprint density at radius 3 is 2.04 bits per heavy atom. The van der Waals surface area contributed by atoms with Crippen LogP contribution in [-0.2, 0) is 23.9 Å². The summed E-state index contributed by atoms with van der Waals surface area (Å²) in [4.78, 5) is 71.0. The Hall–Kier alpha value is -3.32. The number of hydrogen-bond acceptors (Lipinski definition) is 8. The van der Waals surface area contributed by atoms with E-state index in [-0.39, 0.29) is 12.5 Å². The summed E-state index contributed by atoms with van der Waals surface area (Å²) in [5.41, 5.74) is 5.31. The molecule has 15 heteroatoms. The zero-order valence-electron chi connectivity index (χ0n) is 26.3. The monoisotopic (exact) mass is 860 g/mol. The Labute approximate surface area is 294 Å². The number of benzene rings is 2. The summed E-state index contributed by atoms with van der Waals surface area (Å²) in [7, 11) is 1.12. The number of aromatic amines is 1. The molecule has 2 aromatic carbocycles. The lowest BCUT2D eigenvalue weighted by Gasteiger charge is -2.24. The van der Waals surface area contributed by atoms with Crippen LogP contribution in [0.15, 0.2) is 24.3 Å². The predicted octanol–water partition coefficient (Wildman–Crippen LogP) is 2.47. The second kappa shape index (κ2) is 16.5. The molecule has 3 rings (SSSR count). The molecule has 0 aliphatic carbocycles. The number of esters is 1. The first-order chi connectivity index (χ1) is 21.7. The number of H-pyrrole nitrogens is 1. The van der Waals surface area contributed by atoms with Gasteiger partial charge in [0.15, 0.2) is 6.04 Å². The number of carbonyl (C=O) groups excluding carboxylic acids is 5. The molecular weight excluding hydrogens is 822 g/mol. The SMILES string of the molecule is CC[C@H](C)[C@H](NC(=O)CNC(=O)c1cc(I)c(-c2nc3cc(C)c(C)cc3[nH]2)c(I)c1)C(=O)NCC(=O)N[C@H](C(=O)OC)[C@@H](C)O. The van der Waals surface area contributed by atoms with Gasteiger partial charge in [-0.1, -0.05) is 20.3 Å². The van der Waals surface area contributed by atoms with Gasteiger partial charge in [-0.15, -0.1) is 0 Å². The third kappa shape index (κ3) is 9.37. The fourth-order valence-electron chi connectivity index (χ4n) is 4.51. The maximum atomic E-state index is 13.0. The van der Waals surface area contributed by atoms with Crippen LogP contribution in [0, 0.1) is 26.9 Å². The van der Waals surface area contributed by atoms with Gasteiger partial charge in [-0.3, -0.25) is 19.2 Å². The Kier molecular flexibility index (Phi) is 13.3. The van der Waals surface area contributed by atoms with Crippen molar-refractivity contribution in [2.75, 3.05) is 20.2 Å². The van der Waals surface area contributed by atoms with Gasteiger partial charge in [0, 0.05) is 18.3 Å². The molecular formula is C31H38I2N6O7. The molecule has 3 aromatic rings. The average molecular weight is 860 g/mol. The number of halogens is 2. The van der Waals surface area contributed by atoms with Crippen LogP contribution in [0.3, 0.4) is 0 Å². The zero-order valence-corrected chi connectivity index (χ0v) is 30.7. The molecule has 0 saturated carbocycles. The van der Waals surface area contributed by atoms with E-state index in [9.17, 15) is 29.1 Å². The molecule has 0 aliphatic rings. The topological polar surface area (TPSA) is 192 Å². The van der Waals surface area contributed by atoms with Gasteiger partial charge >= 0.3 is 5.97 Å². The predicted molar refractivity (Wildman–Crippen MR) is 189 cm³/mol. The third-order valence-electron chi connectivity index (χ3n) is 7.54. The molecule has 1 heterocycles. The van der Waals surface area contributed by atoms with E-state index in [4.69, 9.17) is 4.98 Å². The van der Waals surface area contributed by atoms with Crippen molar-refractivity contribution in [3.05, 3.63) is 48.1 Å². The van der Waals surface area contributed by atoms with Gasteiger partial charge in [0.2, 0.25) is 17.7 Å². The Morgan fingerprint density at radius 1 is 0.913 bits per heavy atom. The van der Waals surface area contributed by atoms with Gasteiger partial charge in [0.05, 0.1) is 37.3 Å². The lowest BCUT2D eigenvalue weighted by atomic mass is 9.98. The highest BCUT2D eigenvalue weighted by Gasteiger charge is 2.29. The van der Waals surface area contributed by atoms with Gasteiger partial charge < -0.3 is 36.1 Å². The summed E-state index contributed by atoms with van der Waals surface area (Å²) >= 11 is 4.31. The Bertz CT molecular complexity index is 1580. The molecule has 0 spiro atoms. The highest BCUT2D eigenvalue weighted by Crippen LogP contribution is 2.31. The summed E-state index contributed by atoms with van der Waals surface area (Å²) in [5.74, 6) is -2.85. The van der Waals surface area contributed by atoms with E-state index in [1.807, 2.05) is 26.8 Å². The normalized spacial score (nSPS) is 13.7. The number of aliphatic hydroxyl groups excluding tert-OH is 1. The number of aryl methyl sites for hydroxylation is 2. The fourth-order valence-corrected chi connectivity index (χ4v) is 6.79. The number of ether oxygens (including phenoxy) is 1. The van der Waals surface area contributed by atoms with E-state index >= 15 is 0 Å². The molecule has 0 fully saturated rings. The number of carbonyl (C=O) groups is 5. The van der Waals surface area contributed by atoms with Crippen LogP contribution in [0.4, 0.5) is 0 Å². The molecule has 4 atom stereocenters. The maximum absolute atomic E-state index is 13.0. The molecule has 6 N–H and O–H groups in total. The first-order valence-corrected chi connectivity index (χ1v) is 16.7. The van der Waals surface area contributed by atoms with Gasteiger partial charge in [0.25, 0.3) is 5.91 Å². The summed E-state index contributed by atoms with van der Waals surface area (Å²) in [6, 6.07) is 5.24. The van der Waals surface area contributed by atoms with E-state index in [1.54, 1.807) is 19.1 Å². The van der Waals surface area contributed by atoms with Gasteiger partial charge in [0.1, 0.15) is 11.9 Å². The van der Waals surface area contributed by atoms with Crippen molar-refractivity contribution in [1.82, 2.24) is 31.2 Å². The number of methoxy groups -OCH3 is 1. The first kappa shape index (κ1) is 37.1. The number of hydrogen-bond donors (Lipinski definition) is 6. The molecule has 46 heavy (non-hydrogen) atoms.